The predicted octanol–water partition coefficient (Wildman–Crippen LogP) is 4.00. The molecule has 2 unspecified atom stereocenters. The van der Waals surface area contributed by atoms with Gasteiger partial charge in [-0.05, 0) is 84.4 Å². The van der Waals surface area contributed by atoms with E-state index in [0.717, 1.165) is 35.1 Å². The smallest absolute Gasteiger partial charge is 0.475 e. The Labute approximate surface area is 266 Å². The van der Waals surface area contributed by atoms with Gasteiger partial charge < -0.3 is 31.9 Å². The molecule has 45 heavy (non-hydrogen) atoms. The van der Waals surface area contributed by atoms with Crippen LogP contribution in [0.4, 0.5) is 32.2 Å². The third-order valence-electron chi connectivity index (χ3n) is 5.95. The number of benzene rings is 1. The third-order valence-corrected chi connectivity index (χ3v) is 7.17. The molecule has 1 aliphatic heterocycles. The Morgan fingerprint density at radius 3 is 2.13 bits per heavy atom. The average molecular weight is 737 g/mol. The van der Waals surface area contributed by atoms with Crippen LogP contribution in [0.2, 0.25) is 5.02 Å². The second kappa shape index (κ2) is 17.2. The topological polar surface area (TPSA) is 184 Å². The van der Waals surface area contributed by atoms with Crippen molar-refractivity contribution in [2.75, 3.05) is 12.3 Å². The van der Waals surface area contributed by atoms with E-state index in [4.69, 9.17) is 37.1 Å². The fraction of sp³-hybridized carbons (Fsp3) is 0.423. The van der Waals surface area contributed by atoms with Gasteiger partial charge in [-0.1, -0.05) is 23.7 Å². The molecule has 1 aromatic heterocycles. The number of nitrogens with two attached hydrogens (primary N) is 1. The van der Waals surface area contributed by atoms with Crippen molar-refractivity contribution in [3.8, 4) is 0 Å². The normalized spacial score (nSPS) is 16.7. The van der Waals surface area contributed by atoms with Crippen LogP contribution in [0, 0.1) is 12.8 Å². The zero-order valence-corrected chi connectivity index (χ0v) is 25.9. The molecule has 0 saturated carbocycles. The quantitative estimate of drug-likeness (QED) is 0.229. The van der Waals surface area contributed by atoms with Crippen molar-refractivity contribution in [1.29, 1.82) is 0 Å². The number of amides is 2. The number of anilines is 1. The molecule has 1 aliphatic rings. The van der Waals surface area contributed by atoms with Gasteiger partial charge in [-0.3, -0.25) is 9.59 Å². The summed E-state index contributed by atoms with van der Waals surface area (Å²) in [6, 6.07) is 8.48. The van der Waals surface area contributed by atoms with Crippen molar-refractivity contribution in [3.05, 3.63) is 56.6 Å². The molecule has 3 atom stereocenters. The van der Waals surface area contributed by atoms with Gasteiger partial charge in [-0.25, -0.2) is 14.6 Å². The Kier molecular flexibility index (Phi) is 15.0. The summed E-state index contributed by atoms with van der Waals surface area (Å²) in [6.07, 6.45) is -8.59. The van der Waals surface area contributed by atoms with Crippen LogP contribution in [-0.4, -0.2) is 69.9 Å². The summed E-state index contributed by atoms with van der Waals surface area (Å²) in [4.78, 5) is 47.0. The molecule has 1 aromatic carbocycles. The number of nitrogens with one attached hydrogen (secondary N) is 3. The zero-order valence-electron chi connectivity index (χ0n) is 23.5. The number of carboxylic acid groups (broad SMARTS) is 2. The van der Waals surface area contributed by atoms with Crippen LogP contribution >= 0.6 is 27.5 Å². The molecule has 1 fully saturated rings. The highest BCUT2D eigenvalue weighted by atomic mass is 79.9. The molecule has 2 heterocycles. The maximum absolute atomic E-state index is 12.6. The first-order valence-corrected chi connectivity index (χ1v) is 13.9. The SMILES string of the molecule is Cc1nc(N)ccc1CNC(=O)[C@H](C)NC(=O)C1CC(Cc2ccc(Cl)c(Br)c2)CN1.O=C(O)C(F)(F)F.O=C(O)C(F)(F)F. The Bertz CT molecular complexity index is 1340. The van der Waals surface area contributed by atoms with Crippen molar-refractivity contribution < 1.29 is 55.7 Å². The van der Waals surface area contributed by atoms with Gasteiger partial charge in [0.2, 0.25) is 11.8 Å². The summed E-state index contributed by atoms with van der Waals surface area (Å²) < 4.78 is 64.3. The number of pyridine rings is 1. The lowest BCUT2D eigenvalue weighted by Crippen LogP contribution is -2.50. The first kappa shape index (κ1) is 39.4. The van der Waals surface area contributed by atoms with Gasteiger partial charge in [0.05, 0.1) is 11.1 Å². The van der Waals surface area contributed by atoms with Crippen molar-refractivity contribution in [1.82, 2.24) is 20.9 Å². The molecule has 11 nitrogen and oxygen atoms in total. The minimum atomic E-state index is -5.08. The number of nitrogen functional groups attached to an aromatic ring is 1. The molecule has 3 rings (SSSR count). The van der Waals surface area contributed by atoms with E-state index in [1.54, 1.807) is 13.0 Å². The second-order valence-corrected chi connectivity index (χ2v) is 10.8. The van der Waals surface area contributed by atoms with E-state index in [-0.39, 0.29) is 17.9 Å². The molecule has 0 radical (unpaired) electrons. The Morgan fingerprint density at radius 2 is 1.64 bits per heavy atom. The van der Waals surface area contributed by atoms with Gasteiger partial charge in [0, 0.05) is 16.7 Å². The van der Waals surface area contributed by atoms with Crippen LogP contribution in [0.1, 0.15) is 30.2 Å². The van der Waals surface area contributed by atoms with E-state index >= 15 is 0 Å². The van der Waals surface area contributed by atoms with E-state index < -0.39 is 30.3 Å². The molecular weight excluding hydrogens is 708 g/mol. The maximum atomic E-state index is 12.6. The van der Waals surface area contributed by atoms with Crippen molar-refractivity contribution in [2.24, 2.45) is 5.92 Å². The summed E-state index contributed by atoms with van der Waals surface area (Å²) in [7, 11) is 0. The molecule has 0 bridgehead atoms. The van der Waals surface area contributed by atoms with Crippen LogP contribution in [0.25, 0.3) is 0 Å². The number of nitrogens with zero attached hydrogens (tertiary/aromatic N) is 1. The van der Waals surface area contributed by atoms with Crippen LogP contribution in [-0.2, 0) is 32.1 Å². The monoisotopic (exact) mass is 735 g/mol. The highest BCUT2D eigenvalue weighted by Gasteiger charge is 2.39. The fourth-order valence-corrected chi connectivity index (χ4v) is 4.22. The van der Waals surface area contributed by atoms with Crippen LogP contribution in [0.15, 0.2) is 34.8 Å². The van der Waals surface area contributed by atoms with Gasteiger partial charge in [-0.2, -0.15) is 26.3 Å². The standard InChI is InChI=1S/C22H27BrClN5O2.2C2HF3O2/c1-12-16(4-6-20(25)28-12)11-27-21(30)13(2)29-22(31)19-9-15(10-26-19)7-14-3-5-18(24)17(23)8-14;2*3-2(4,5)1(6)7/h3-6,8,13,15,19,26H,7,9-11H2,1-2H3,(H2,25,28)(H,27,30)(H,29,31);2*(H,6,7)/t13-,15?,19?;;/m0../s1. The minimum Gasteiger partial charge on any atom is -0.475 e. The number of alkyl halides is 6. The molecule has 19 heteroatoms. The van der Waals surface area contributed by atoms with E-state index in [0.29, 0.717) is 23.3 Å². The predicted molar refractivity (Wildman–Crippen MR) is 153 cm³/mol. The first-order valence-electron chi connectivity index (χ1n) is 12.7. The number of carbonyl (C=O) groups is 4. The average Bonchev–Trinajstić information content (AvgIpc) is 3.38. The number of aryl methyl sites for hydroxylation is 1. The molecule has 0 spiro atoms. The van der Waals surface area contributed by atoms with Gasteiger partial charge in [0.1, 0.15) is 11.9 Å². The lowest BCUT2D eigenvalue weighted by atomic mass is 9.96. The number of aromatic nitrogens is 1. The molecular formula is C26H29BrClF6N5O6. The zero-order chi connectivity index (χ0) is 34.7. The fourth-order valence-electron chi connectivity index (χ4n) is 3.68. The van der Waals surface area contributed by atoms with E-state index in [9.17, 15) is 35.9 Å². The summed E-state index contributed by atoms with van der Waals surface area (Å²) in [5, 5.41) is 23.8. The number of rotatable bonds is 7. The minimum absolute atomic E-state index is 0.159. The number of carbonyl (C=O) groups excluding carboxylic acids is 2. The Balaban J connectivity index is 0.000000601. The third kappa shape index (κ3) is 14.3. The van der Waals surface area contributed by atoms with E-state index in [1.165, 1.54) is 5.56 Å². The van der Waals surface area contributed by atoms with Crippen LogP contribution in [0.3, 0.4) is 0 Å². The summed E-state index contributed by atoms with van der Waals surface area (Å²) in [5.41, 5.74) is 8.48. The second-order valence-electron chi connectivity index (χ2n) is 9.55. The maximum Gasteiger partial charge on any atom is 0.490 e. The first-order chi connectivity index (χ1) is 20.6. The Morgan fingerprint density at radius 1 is 1.09 bits per heavy atom. The molecule has 250 valence electrons. The lowest BCUT2D eigenvalue weighted by molar-refractivity contribution is -0.193. The van der Waals surface area contributed by atoms with Gasteiger partial charge >= 0.3 is 24.3 Å². The van der Waals surface area contributed by atoms with E-state index in [1.807, 2.05) is 31.2 Å². The molecule has 1 saturated heterocycles. The van der Waals surface area contributed by atoms with Crippen molar-refractivity contribution in [2.45, 2.75) is 57.7 Å². The molecule has 0 aliphatic carbocycles. The summed E-state index contributed by atoms with van der Waals surface area (Å²) >= 11 is 9.50. The Hall–Kier alpha value is -3.64. The highest BCUT2D eigenvalue weighted by Crippen LogP contribution is 2.26. The van der Waals surface area contributed by atoms with Crippen LogP contribution in [0.5, 0.6) is 0 Å². The lowest BCUT2D eigenvalue weighted by Gasteiger charge is -2.17. The number of hydrogen-bond donors (Lipinski definition) is 6. The summed E-state index contributed by atoms with van der Waals surface area (Å²) in [5.74, 6) is -5.13. The van der Waals surface area contributed by atoms with Crippen molar-refractivity contribution >= 4 is 57.1 Å². The summed E-state index contributed by atoms with van der Waals surface area (Å²) in [6.45, 7) is 4.61. The largest absolute Gasteiger partial charge is 0.490 e. The van der Waals surface area contributed by atoms with Crippen LogP contribution < -0.4 is 21.7 Å². The van der Waals surface area contributed by atoms with Crippen molar-refractivity contribution in [3.63, 3.8) is 0 Å². The molecule has 2 amide bonds. The van der Waals surface area contributed by atoms with Gasteiger partial charge in [0.25, 0.3) is 0 Å². The van der Waals surface area contributed by atoms with Gasteiger partial charge in [0.15, 0.2) is 0 Å². The number of halogens is 8. The molecule has 2 aromatic rings. The number of carboxylic acids is 2. The molecule has 7 N–H and O–H groups in total. The van der Waals surface area contributed by atoms with E-state index in [2.05, 4.69) is 36.9 Å². The van der Waals surface area contributed by atoms with Gasteiger partial charge in [-0.15, -0.1) is 0 Å². The highest BCUT2D eigenvalue weighted by molar-refractivity contribution is 9.10. The number of hydrogen-bond acceptors (Lipinski definition) is 7. The number of aliphatic carboxylic acids is 2.